The molecule has 1 aromatic heterocycles. The lowest BCUT2D eigenvalue weighted by atomic mass is 10.2. The van der Waals surface area contributed by atoms with Crippen molar-refractivity contribution in [1.29, 1.82) is 0 Å². The van der Waals surface area contributed by atoms with Crippen LogP contribution >= 0.6 is 0 Å². The zero-order chi connectivity index (χ0) is 13.8. The van der Waals surface area contributed by atoms with Gasteiger partial charge in [0, 0.05) is 18.4 Å². The molecule has 2 aromatic rings. The van der Waals surface area contributed by atoms with Gasteiger partial charge in [-0.3, -0.25) is 0 Å². The molecule has 0 amide bonds. The average Bonchev–Trinajstić information content (AvgIpc) is 2.85. The second-order valence-electron chi connectivity index (χ2n) is 4.14. The second kappa shape index (κ2) is 5.56. The van der Waals surface area contributed by atoms with E-state index in [2.05, 4.69) is 5.32 Å². The number of anilines is 1. The van der Waals surface area contributed by atoms with Crippen LogP contribution < -0.4 is 5.32 Å². The third-order valence-electron chi connectivity index (χ3n) is 2.94. The zero-order valence-corrected chi connectivity index (χ0v) is 10.6. The molecule has 0 radical (unpaired) electrons. The minimum Gasteiger partial charge on any atom is -0.478 e. The van der Waals surface area contributed by atoms with Crippen molar-refractivity contribution in [3.8, 4) is 0 Å². The van der Waals surface area contributed by atoms with E-state index in [-0.39, 0.29) is 11.3 Å². The van der Waals surface area contributed by atoms with Gasteiger partial charge in [0.05, 0.1) is 17.8 Å². The van der Waals surface area contributed by atoms with E-state index in [4.69, 9.17) is 5.11 Å². The molecule has 0 aliphatic heterocycles. The monoisotopic (exact) mass is 262 g/mol. The molecule has 1 heterocycles. The number of carboxylic acids is 1. The van der Waals surface area contributed by atoms with Crippen LogP contribution in [0.2, 0.25) is 0 Å². The molecule has 5 heteroatoms. The minimum atomic E-state index is -1.07. The SMILES string of the molecule is CCn1cccc1CNc1cc(C(=O)O)ccc1F. The lowest BCUT2D eigenvalue weighted by Crippen LogP contribution is -2.08. The van der Waals surface area contributed by atoms with Crippen LogP contribution in [-0.2, 0) is 13.1 Å². The van der Waals surface area contributed by atoms with E-state index in [9.17, 15) is 9.18 Å². The predicted molar refractivity (Wildman–Crippen MR) is 70.8 cm³/mol. The van der Waals surface area contributed by atoms with Gasteiger partial charge in [0.2, 0.25) is 0 Å². The van der Waals surface area contributed by atoms with E-state index < -0.39 is 11.8 Å². The highest BCUT2D eigenvalue weighted by atomic mass is 19.1. The Hall–Kier alpha value is -2.30. The molecule has 0 aliphatic rings. The largest absolute Gasteiger partial charge is 0.478 e. The van der Waals surface area contributed by atoms with Gasteiger partial charge in [-0.15, -0.1) is 0 Å². The average molecular weight is 262 g/mol. The molecule has 2 rings (SSSR count). The molecule has 0 fully saturated rings. The Kier molecular flexibility index (Phi) is 3.85. The molecule has 0 aliphatic carbocycles. The summed E-state index contributed by atoms with van der Waals surface area (Å²) in [6.07, 6.45) is 1.95. The molecule has 0 spiro atoms. The Bertz CT molecular complexity index is 593. The fourth-order valence-electron chi connectivity index (χ4n) is 1.90. The van der Waals surface area contributed by atoms with Crippen LogP contribution in [0.25, 0.3) is 0 Å². The van der Waals surface area contributed by atoms with Gasteiger partial charge in [-0.25, -0.2) is 9.18 Å². The predicted octanol–water partition coefficient (Wildman–Crippen LogP) is 2.96. The van der Waals surface area contributed by atoms with Crippen LogP contribution in [0.5, 0.6) is 0 Å². The highest BCUT2D eigenvalue weighted by molar-refractivity contribution is 5.88. The number of benzene rings is 1. The minimum absolute atomic E-state index is 0.0646. The molecule has 4 nitrogen and oxygen atoms in total. The van der Waals surface area contributed by atoms with Crippen LogP contribution in [0.15, 0.2) is 36.5 Å². The molecule has 0 bridgehead atoms. The Balaban J connectivity index is 2.15. The van der Waals surface area contributed by atoms with E-state index in [1.807, 2.05) is 29.8 Å². The number of carboxylic acid groups (broad SMARTS) is 1. The van der Waals surface area contributed by atoms with Gasteiger partial charge in [-0.1, -0.05) is 0 Å². The molecule has 0 atom stereocenters. The summed E-state index contributed by atoms with van der Waals surface area (Å²) >= 11 is 0. The van der Waals surface area contributed by atoms with Gasteiger partial charge in [0.1, 0.15) is 5.82 Å². The first-order valence-electron chi connectivity index (χ1n) is 6.02. The van der Waals surface area contributed by atoms with Crippen molar-refractivity contribution in [3.63, 3.8) is 0 Å². The third-order valence-corrected chi connectivity index (χ3v) is 2.94. The molecule has 2 N–H and O–H groups in total. The fourth-order valence-corrected chi connectivity index (χ4v) is 1.90. The number of aromatic carboxylic acids is 1. The number of rotatable bonds is 5. The Labute approximate surface area is 110 Å². The normalized spacial score (nSPS) is 10.4. The quantitative estimate of drug-likeness (QED) is 0.871. The third kappa shape index (κ3) is 2.93. The standard InChI is InChI=1S/C14H15FN2O2/c1-2-17-7-3-4-11(17)9-16-13-8-10(14(18)19)5-6-12(13)15/h3-8,16H,2,9H2,1H3,(H,18,19). The summed E-state index contributed by atoms with van der Waals surface area (Å²) in [5.74, 6) is -1.53. The maximum Gasteiger partial charge on any atom is 0.335 e. The molecular formula is C14H15FN2O2. The highest BCUT2D eigenvalue weighted by Gasteiger charge is 2.08. The molecule has 1 aromatic carbocycles. The van der Waals surface area contributed by atoms with Crippen LogP contribution in [0.4, 0.5) is 10.1 Å². The van der Waals surface area contributed by atoms with Gasteiger partial charge < -0.3 is 15.0 Å². The van der Waals surface area contributed by atoms with Crippen molar-refractivity contribution in [1.82, 2.24) is 4.57 Å². The van der Waals surface area contributed by atoms with Crippen LogP contribution in [-0.4, -0.2) is 15.6 Å². The Morgan fingerprint density at radius 3 is 2.89 bits per heavy atom. The lowest BCUT2D eigenvalue weighted by Gasteiger charge is -2.10. The van der Waals surface area contributed by atoms with Gasteiger partial charge in [0.25, 0.3) is 0 Å². The van der Waals surface area contributed by atoms with E-state index in [1.165, 1.54) is 12.1 Å². The van der Waals surface area contributed by atoms with Crippen molar-refractivity contribution >= 4 is 11.7 Å². The second-order valence-corrected chi connectivity index (χ2v) is 4.14. The summed E-state index contributed by atoms with van der Waals surface area (Å²) in [7, 11) is 0. The van der Waals surface area contributed by atoms with E-state index in [0.717, 1.165) is 18.3 Å². The van der Waals surface area contributed by atoms with Gasteiger partial charge in [-0.05, 0) is 37.3 Å². The topological polar surface area (TPSA) is 54.3 Å². The summed E-state index contributed by atoms with van der Waals surface area (Å²) < 4.78 is 15.6. The molecule has 100 valence electrons. The zero-order valence-electron chi connectivity index (χ0n) is 10.6. The lowest BCUT2D eigenvalue weighted by molar-refractivity contribution is 0.0697. The number of hydrogen-bond acceptors (Lipinski definition) is 2. The van der Waals surface area contributed by atoms with Crippen LogP contribution in [0.3, 0.4) is 0 Å². The van der Waals surface area contributed by atoms with E-state index in [1.54, 1.807) is 0 Å². The first-order chi connectivity index (χ1) is 9.11. The smallest absolute Gasteiger partial charge is 0.335 e. The van der Waals surface area contributed by atoms with Crippen molar-refractivity contribution in [2.75, 3.05) is 5.32 Å². The molecule has 19 heavy (non-hydrogen) atoms. The number of nitrogens with zero attached hydrogens (tertiary/aromatic N) is 1. The number of hydrogen-bond donors (Lipinski definition) is 2. The summed E-state index contributed by atoms with van der Waals surface area (Å²) in [4.78, 5) is 10.8. The van der Waals surface area contributed by atoms with Crippen molar-refractivity contribution in [3.05, 3.63) is 53.6 Å². The van der Waals surface area contributed by atoms with Gasteiger partial charge in [-0.2, -0.15) is 0 Å². The number of halogens is 1. The summed E-state index contributed by atoms with van der Waals surface area (Å²) in [5, 5.41) is 11.8. The number of aromatic nitrogens is 1. The maximum absolute atomic E-state index is 13.6. The van der Waals surface area contributed by atoms with Crippen molar-refractivity contribution < 1.29 is 14.3 Å². The number of nitrogens with one attached hydrogen (secondary N) is 1. The molecule has 0 saturated heterocycles. The summed E-state index contributed by atoms with van der Waals surface area (Å²) in [6.45, 7) is 3.30. The van der Waals surface area contributed by atoms with Crippen molar-refractivity contribution in [2.24, 2.45) is 0 Å². The highest BCUT2D eigenvalue weighted by Crippen LogP contribution is 2.17. The first-order valence-corrected chi connectivity index (χ1v) is 6.02. The van der Waals surface area contributed by atoms with Crippen molar-refractivity contribution in [2.45, 2.75) is 20.0 Å². The number of carbonyl (C=O) groups is 1. The van der Waals surface area contributed by atoms with Gasteiger partial charge in [0.15, 0.2) is 0 Å². The Morgan fingerprint density at radius 1 is 1.42 bits per heavy atom. The fraction of sp³-hybridized carbons (Fsp3) is 0.214. The summed E-state index contributed by atoms with van der Waals surface area (Å²) in [6, 6.07) is 7.57. The maximum atomic E-state index is 13.6. The molecule has 0 unspecified atom stereocenters. The number of aryl methyl sites for hydroxylation is 1. The van der Waals surface area contributed by atoms with E-state index in [0.29, 0.717) is 6.54 Å². The Morgan fingerprint density at radius 2 is 2.21 bits per heavy atom. The van der Waals surface area contributed by atoms with Crippen LogP contribution in [0, 0.1) is 5.82 Å². The summed E-state index contributed by atoms with van der Waals surface area (Å²) in [5.41, 5.74) is 1.28. The first kappa shape index (κ1) is 13.1. The molecular weight excluding hydrogens is 247 g/mol. The van der Waals surface area contributed by atoms with E-state index >= 15 is 0 Å². The molecule has 0 saturated carbocycles. The van der Waals surface area contributed by atoms with Crippen LogP contribution in [0.1, 0.15) is 23.0 Å². The van der Waals surface area contributed by atoms with Gasteiger partial charge >= 0.3 is 5.97 Å².